The molecule has 0 spiro atoms. The van der Waals surface area contributed by atoms with Gasteiger partial charge in [-0.3, -0.25) is 0 Å². The summed E-state index contributed by atoms with van der Waals surface area (Å²) in [5.41, 5.74) is 5.52. The SMILES string of the molecule is CCC(NCc1nccn1C)C(N)=NO. The zero-order valence-corrected chi connectivity index (χ0v) is 9.01. The van der Waals surface area contributed by atoms with Gasteiger partial charge in [0.2, 0.25) is 0 Å². The number of imidazole rings is 1. The topological polar surface area (TPSA) is 88.5 Å². The zero-order valence-electron chi connectivity index (χ0n) is 9.01. The van der Waals surface area contributed by atoms with Crippen LogP contribution in [-0.4, -0.2) is 26.6 Å². The number of amidine groups is 1. The molecule has 1 atom stereocenters. The van der Waals surface area contributed by atoms with Crippen LogP contribution in [0.15, 0.2) is 17.5 Å². The van der Waals surface area contributed by atoms with Crippen LogP contribution >= 0.6 is 0 Å². The van der Waals surface area contributed by atoms with E-state index in [-0.39, 0.29) is 11.9 Å². The Morgan fingerprint density at radius 3 is 3.00 bits per heavy atom. The molecule has 0 aliphatic heterocycles. The van der Waals surface area contributed by atoms with Crippen LogP contribution in [0.25, 0.3) is 0 Å². The van der Waals surface area contributed by atoms with Gasteiger partial charge in [-0.05, 0) is 6.42 Å². The van der Waals surface area contributed by atoms with Crippen molar-refractivity contribution in [3.63, 3.8) is 0 Å². The van der Waals surface area contributed by atoms with E-state index < -0.39 is 0 Å². The predicted octanol–water partition coefficient (Wildman–Crippen LogP) is 0.0347. The first-order valence-corrected chi connectivity index (χ1v) is 4.86. The molecule has 6 nitrogen and oxygen atoms in total. The van der Waals surface area contributed by atoms with Gasteiger partial charge in [-0.2, -0.15) is 0 Å². The molecule has 0 aliphatic rings. The molecule has 0 amide bonds. The van der Waals surface area contributed by atoms with Crippen molar-refractivity contribution in [3.05, 3.63) is 18.2 Å². The maximum Gasteiger partial charge on any atom is 0.156 e. The number of nitrogens with two attached hydrogens (primary N) is 1. The standard InChI is InChI=1S/C9H17N5O/c1-3-7(9(10)13-15)12-6-8-11-4-5-14(8)2/h4-5,7,12,15H,3,6H2,1-2H3,(H2,10,13). The fraction of sp³-hybridized carbons (Fsp3) is 0.556. The number of oxime groups is 1. The minimum absolute atomic E-state index is 0.119. The lowest BCUT2D eigenvalue weighted by Crippen LogP contribution is -2.40. The molecule has 84 valence electrons. The molecule has 0 bridgehead atoms. The van der Waals surface area contributed by atoms with Gasteiger partial charge in [0.1, 0.15) is 5.82 Å². The second kappa shape index (κ2) is 5.35. The molecule has 1 heterocycles. The lowest BCUT2D eigenvalue weighted by Gasteiger charge is -2.14. The largest absolute Gasteiger partial charge is 0.409 e. The van der Waals surface area contributed by atoms with Gasteiger partial charge in [-0.15, -0.1) is 0 Å². The third-order valence-corrected chi connectivity index (χ3v) is 2.31. The van der Waals surface area contributed by atoms with Crippen LogP contribution in [0.4, 0.5) is 0 Å². The highest BCUT2D eigenvalue weighted by Gasteiger charge is 2.11. The van der Waals surface area contributed by atoms with Gasteiger partial charge in [-0.1, -0.05) is 12.1 Å². The second-order valence-corrected chi connectivity index (χ2v) is 3.32. The highest BCUT2D eigenvalue weighted by Crippen LogP contribution is 1.97. The summed E-state index contributed by atoms with van der Waals surface area (Å²) in [5.74, 6) is 1.12. The van der Waals surface area contributed by atoms with Crippen LogP contribution in [0, 0.1) is 0 Å². The van der Waals surface area contributed by atoms with Gasteiger partial charge in [0.15, 0.2) is 5.84 Å². The molecule has 0 radical (unpaired) electrons. The van der Waals surface area contributed by atoms with Crippen LogP contribution in [0.2, 0.25) is 0 Å². The molecule has 4 N–H and O–H groups in total. The first kappa shape index (κ1) is 11.5. The Bertz CT molecular complexity index is 333. The van der Waals surface area contributed by atoms with E-state index in [1.54, 1.807) is 6.20 Å². The minimum atomic E-state index is -0.119. The maximum absolute atomic E-state index is 8.55. The van der Waals surface area contributed by atoms with Gasteiger partial charge in [-0.25, -0.2) is 4.98 Å². The molecular weight excluding hydrogens is 194 g/mol. The Morgan fingerprint density at radius 1 is 1.80 bits per heavy atom. The van der Waals surface area contributed by atoms with E-state index >= 15 is 0 Å². The summed E-state index contributed by atoms with van der Waals surface area (Å²) in [7, 11) is 1.93. The molecule has 1 rings (SSSR count). The van der Waals surface area contributed by atoms with Crippen molar-refractivity contribution in [1.29, 1.82) is 0 Å². The van der Waals surface area contributed by atoms with E-state index in [1.165, 1.54) is 0 Å². The van der Waals surface area contributed by atoms with Crippen molar-refractivity contribution >= 4 is 5.84 Å². The first-order valence-electron chi connectivity index (χ1n) is 4.86. The summed E-state index contributed by atoms with van der Waals surface area (Å²) in [6, 6.07) is -0.119. The lowest BCUT2D eigenvalue weighted by atomic mass is 10.2. The van der Waals surface area contributed by atoms with Crippen molar-refractivity contribution in [2.75, 3.05) is 0 Å². The average Bonchev–Trinajstić information content (AvgIpc) is 2.65. The van der Waals surface area contributed by atoms with Crippen molar-refractivity contribution < 1.29 is 5.21 Å². The summed E-state index contributed by atoms with van der Waals surface area (Å²) in [6.45, 7) is 2.56. The highest BCUT2D eigenvalue weighted by molar-refractivity contribution is 5.85. The van der Waals surface area contributed by atoms with E-state index in [2.05, 4.69) is 15.5 Å². The Hall–Kier alpha value is -1.56. The number of nitrogens with one attached hydrogen (secondary N) is 1. The second-order valence-electron chi connectivity index (χ2n) is 3.32. The molecule has 0 fully saturated rings. The van der Waals surface area contributed by atoms with Crippen LogP contribution in [0.5, 0.6) is 0 Å². The monoisotopic (exact) mass is 211 g/mol. The quantitative estimate of drug-likeness (QED) is 0.277. The third kappa shape index (κ3) is 2.95. The zero-order chi connectivity index (χ0) is 11.3. The fourth-order valence-electron chi connectivity index (χ4n) is 1.31. The molecule has 0 saturated heterocycles. The number of rotatable bonds is 5. The van der Waals surface area contributed by atoms with Crippen molar-refractivity contribution in [2.24, 2.45) is 17.9 Å². The average molecular weight is 211 g/mol. The summed E-state index contributed by atoms with van der Waals surface area (Å²) >= 11 is 0. The Kier molecular flexibility index (Phi) is 4.11. The van der Waals surface area contributed by atoms with Crippen molar-refractivity contribution in [1.82, 2.24) is 14.9 Å². The molecule has 1 aromatic rings. The summed E-state index contributed by atoms with van der Waals surface area (Å²) in [5, 5.41) is 14.7. The van der Waals surface area contributed by atoms with Crippen molar-refractivity contribution in [2.45, 2.75) is 25.9 Å². The number of hydrogen-bond donors (Lipinski definition) is 3. The number of aryl methyl sites for hydroxylation is 1. The van der Waals surface area contributed by atoms with E-state index in [1.807, 2.05) is 24.7 Å². The third-order valence-electron chi connectivity index (χ3n) is 2.31. The van der Waals surface area contributed by atoms with Crippen LogP contribution < -0.4 is 11.1 Å². The molecule has 0 aromatic carbocycles. The highest BCUT2D eigenvalue weighted by atomic mass is 16.4. The fourth-order valence-corrected chi connectivity index (χ4v) is 1.31. The molecule has 15 heavy (non-hydrogen) atoms. The Labute approximate surface area is 88.8 Å². The van der Waals surface area contributed by atoms with Gasteiger partial charge in [0.25, 0.3) is 0 Å². The van der Waals surface area contributed by atoms with Gasteiger partial charge in [0.05, 0.1) is 12.6 Å². The van der Waals surface area contributed by atoms with E-state index in [4.69, 9.17) is 10.9 Å². The molecule has 0 saturated carbocycles. The number of nitrogens with zero attached hydrogens (tertiary/aromatic N) is 3. The molecule has 1 aromatic heterocycles. The van der Waals surface area contributed by atoms with Crippen LogP contribution in [0.1, 0.15) is 19.2 Å². The van der Waals surface area contributed by atoms with E-state index in [0.717, 1.165) is 12.2 Å². The Morgan fingerprint density at radius 2 is 2.53 bits per heavy atom. The van der Waals surface area contributed by atoms with E-state index in [9.17, 15) is 0 Å². The van der Waals surface area contributed by atoms with Gasteiger partial charge in [0, 0.05) is 19.4 Å². The summed E-state index contributed by atoms with van der Waals surface area (Å²) in [6.07, 6.45) is 4.38. The van der Waals surface area contributed by atoms with Crippen LogP contribution in [-0.2, 0) is 13.6 Å². The maximum atomic E-state index is 8.55. The van der Waals surface area contributed by atoms with Crippen LogP contribution in [0.3, 0.4) is 0 Å². The molecule has 1 unspecified atom stereocenters. The lowest BCUT2D eigenvalue weighted by molar-refractivity contribution is 0.314. The number of hydrogen-bond acceptors (Lipinski definition) is 4. The van der Waals surface area contributed by atoms with E-state index in [0.29, 0.717) is 6.54 Å². The normalized spacial score (nSPS) is 14.1. The summed E-state index contributed by atoms with van der Waals surface area (Å²) in [4.78, 5) is 4.16. The Balaban J connectivity index is 2.52. The van der Waals surface area contributed by atoms with Crippen molar-refractivity contribution in [3.8, 4) is 0 Å². The number of aromatic nitrogens is 2. The molecule has 6 heteroatoms. The van der Waals surface area contributed by atoms with Gasteiger partial charge < -0.3 is 20.8 Å². The summed E-state index contributed by atoms with van der Waals surface area (Å²) < 4.78 is 1.92. The molecular formula is C9H17N5O. The minimum Gasteiger partial charge on any atom is -0.409 e. The first-order chi connectivity index (χ1) is 7.19. The predicted molar refractivity (Wildman–Crippen MR) is 57.5 cm³/mol. The molecule has 0 aliphatic carbocycles. The smallest absolute Gasteiger partial charge is 0.156 e. The van der Waals surface area contributed by atoms with Gasteiger partial charge >= 0.3 is 0 Å².